The van der Waals surface area contributed by atoms with Crippen LogP contribution in [-0.4, -0.2) is 23.4 Å². The molecular formula is C21H16N2O2S. The minimum absolute atomic E-state index is 0.108. The van der Waals surface area contributed by atoms with Gasteiger partial charge in [0.2, 0.25) is 5.13 Å². The number of aromatic nitrogens is 1. The number of thiazole rings is 1. The second-order valence-electron chi connectivity index (χ2n) is 5.73. The summed E-state index contributed by atoms with van der Waals surface area (Å²) in [5.41, 5.74) is 2.86. The van der Waals surface area contributed by atoms with Crippen molar-refractivity contribution in [2.24, 2.45) is 4.99 Å². The molecule has 3 aromatic carbocycles. The molecule has 0 aliphatic carbocycles. The van der Waals surface area contributed by atoms with Gasteiger partial charge < -0.3 is 9.84 Å². The van der Waals surface area contributed by atoms with E-state index in [1.54, 1.807) is 24.4 Å². The van der Waals surface area contributed by atoms with Crippen LogP contribution in [0.25, 0.3) is 22.0 Å². The molecule has 0 saturated carbocycles. The number of phenolic OH excluding ortho intramolecular Hbond substituents is 1. The van der Waals surface area contributed by atoms with E-state index in [9.17, 15) is 5.11 Å². The van der Waals surface area contributed by atoms with E-state index in [-0.39, 0.29) is 5.75 Å². The van der Waals surface area contributed by atoms with Gasteiger partial charge in [0.05, 0.1) is 12.8 Å². The van der Waals surface area contributed by atoms with E-state index in [0.717, 1.165) is 16.8 Å². The van der Waals surface area contributed by atoms with Crippen molar-refractivity contribution in [1.82, 2.24) is 4.98 Å². The lowest BCUT2D eigenvalue weighted by Crippen LogP contribution is -1.86. The molecule has 4 aromatic rings. The number of aliphatic imine (C=N–C) groups is 1. The fraction of sp³-hybridized carbons (Fsp3) is 0.0476. The van der Waals surface area contributed by atoms with Crippen LogP contribution in [0.5, 0.6) is 11.5 Å². The van der Waals surface area contributed by atoms with Gasteiger partial charge in [0, 0.05) is 17.2 Å². The van der Waals surface area contributed by atoms with Gasteiger partial charge in [0.25, 0.3) is 0 Å². The Morgan fingerprint density at radius 2 is 1.92 bits per heavy atom. The smallest absolute Gasteiger partial charge is 0.209 e. The summed E-state index contributed by atoms with van der Waals surface area (Å²) in [6.45, 7) is 0. The zero-order chi connectivity index (χ0) is 17.9. The van der Waals surface area contributed by atoms with Crippen molar-refractivity contribution in [3.63, 3.8) is 0 Å². The molecular weight excluding hydrogens is 344 g/mol. The highest BCUT2D eigenvalue weighted by Gasteiger charge is 2.07. The Hall–Kier alpha value is -3.18. The number of fused-ring (bicyclic) bond motifs is 1. The topological polar surface area (TPSA) is 54.7 Å². The molecule has 0 unspecified atom stereocenters. The van der Waals surface area contributed by atoms with Gasteiger partial charge >= 0.3 is 0 Å². The molecule has 1 aromatic heterocycles. The Kier molecular flexibility index (Phi) is 4.37. The van der Waals surface area contributed by atoms with Gasteiger partial charge in [-0.3, -0.25) is 0 Å². The Morgan fingerprint density at radius 3 is 2.81 bits per heavy atom. The Balaban J connectivity index is 1.64. The van der Waals surface area contributed by atoms with Crippen LogP contribution >= 0.6 is 11.3 Å². The number of ether oxygens (including phenoxy) is 1. The number of hydrogen-bond donors (Lipinski definition) is 1. The number of rotatable bonds is 4. The largest absolute Gasteiger partial charge is 0.504 e. The van der Waals surface area contributed by atoms with Crippen molar-refractivity contribution in [2.75, 3.05) is 7.11 Å². The molecule has 4 nitrogen and oxygen atoms in total. The summed E-state index contributed by atoms with van der Waals surface area (Å²) in [5, 5.41) is 14.7. The SMILES string of the molecule is COc1cc(C=Nc2nc(-c3cccc4ccccc34)cs2)ccc1O. The molecule has 0 atom stereocenters. The fourth-order valence-corrected chi connectivity index (χ4v) is 3.46. The quantitative estimate of drug-likeness (QED) is 0.494. The van der Waals surface area contributed by atoms with Gasteiger partial charge in [-0.05, 0) is 34.5 Å². The van der Waals surface area contributed by atoms with E-state index >= 15 is 0 Å². The molecule has 0 radical (unpaired) electrons. The summed E-state index contributed by atoms with van der Waals surface area (Å²) in [7, 11) is 1.52. The summed E-state index contributed by atoms with van der Waals surface area (Å²) < 4.78 is 5.12. The molecule has 0 amide bonds. The van der Waals surface area contributed by atoms with Crippen LogP contribution < -0.4 is 4.74 Å². The minimum Gasteiger partial charge on any atom is -0.504 e. The van der Waals surface area contributed by atoms with Crippen molar-refractivity contribution in [3.8, 4) is 22.8 Å². The van der Waals surface area contributed by atoms with Gasteiger partial charge in [0.1, 0.15) is 0 Å². The number of hydrogen-bond acceptors (Lipinski definition) is 5. The van der Waals surface area contributed by atoms with Gasteiger partial charge in [-0.25, -0.2) is 9.98 Å². The summed E-state index contributed by atoms with van der Waals surface area (Å²) in [5.74, 6) is 0.529. The van der Waals surface area contributed by atoms with Crippen molar-refractivity contribution in [1.29, 1.82) is 0 Å². The molecule has 0 fully saturated rings. The number of aromatic hydroxyl groups is 1. The summed E-state index contributed by atoms with van der Waals surface area (Å²) in [6, 6.07) is 19.6. The van der Waals surface area contributed by atoms with Gasteiger partial charge in [-0.2, -0.15) is 0 Å². The minimum atomic E-state index is 0.108. The Bertz CT molecular complexity index is 1100. The zero-order valence-corrected chi connectivity index (χ0v) is 14.9. The summed E-state index contributed by atoms with van der Waals surface area (Å²) in [6.07, 6.45) is 1.72. The van der Waals surface area contributed by atoms with Crippen molar-refractivity contribution in [3.05, 3.63) is 71.6 Å². The zero-order valence-electron chi connectivity index (χ0n) is 14.1. The Labute approximate surface area is 155 Å². The van der Waals surface area contributed by atoms with Crippen LogP contribution in [0.3, 0.4) is 0 Å². The predicted molar refractivity (Wildman–Crippen MR) is 107 cm³/mol. The number of phenols is 1. The molecule has 0 spiro atoms. The van der Waals surface area contributed by atoms with E-state index in [4.69, 9.17) is 4.74 Å². The third-order valence-corrected chi connectivity index (χ3v) is 4.83. The lowest BCUT2D eigenvalue weighted by Gasteiger charge is -2.03. The molecule has 1 heterocycles. The highest BCUT2D eigenvalue weighted by molar-refractivity contribution is 7.13. The predicted octanol–water partition coefficient (Wildman–Crippen LogP) is 5.43. The monoisotopic (exact) mass is 360 g/mol. The first kappa shape index (κ1) is 16.3. The first-order valence-corrected chi connectivity index (χ1v) is 8.97. The van der Waals surface area contributed by atoms with Crippen molar-refractivity contribution in [2.45, 2.75) is 0 Å². The van der Waals surface area contributed by atoms with Crippen LogP contribution in [0.4, 0.5) is 5.13 Å². The van der Waals surface area contributed by atoms with E-state index in [2.05, 4.69) is 34.2 Å². The number of nitrogens with zero attached hydrogens (tertiary/aromatic N) is 2. The fourth-order valence-electron chi connectivity index (χ4n) is 2.80. The standard InChI is InChI=1S/C21H16N2O2S/c1-25-20-11-14(9-10-19(20)24)12-22-21-23-18(13-26-21)17-8-4-6-15-5-2-3-7-16(15)17/h2-13,24H,1H3. The van der Waals surface area contributed by atoms with E-state index < -0.39 is 0 Å². The van der Waals surface area contributed by atoms with Crippen LogP contribution in [0.15, 0.2) is 71.0 Å². The maximum atomic E-state index is 9.66. The maximum absolute atomic E-state index is 9.66. The first-order valence-electron chi connectivity index (χ1n) is 8.09. The van der Waals surface area contributed by atoms with Crippen molar-refractivity contribution < 1.29 is 9.84 Å². The van der Waals surface area contributed by atoms with Gasteiger partial charge in [0.15, 0.2) is 11.5 Å². The molecule has 128 valence electrons. The highest BCUT2D eigenvalue weighted by Crippen LogP contribution is 2.32. The normalized spacial score (nSPS) is 11.3. The van der Waals surface area contributed by atoms with Crippen molar-refractivity contribution >= 4 is 33.5 Å². The molecule has 1 N–H and O–H groups in total. The van der Waals surface area contributed by atoms with Crippen LogP contribution in [0, 0.1) is 0 Å². The third-order valence-electron chi connectivity index (χ3n) is 4.09. The molecule has 0 bridgehead atoms. The highest BCUT2D eigenvalue weighted by atomic mass is 32.1. The number of methoxy groups -OCH3 is 1. The average Bonchev–Trinajstić information content (AvgIpc) is 3.15. The lowest BCUT2D eigenvalue weighted by molar-refractivity contribution is 0.373. The van der Waals surface area contributed by atoms with E-state index in [1.165, 1.54) is 29.2 Å². The van der Waals surface area contributed by atoms with Crippen LogP contribution in [0.1, 0.15) is 5.56 Å². The molecule has 0 aliphatic heterocycles. The summed E-state index contributed by atoms with van der Waals surface area (Å²) >= 11 is 1.50. The second kappa shape index (κ2) is 6.98. The second-order valence-corrected chi connectivity index (χ2v) is 6.57. The maximum Gasteiger partial charge on any atom is 0.209 e. The summed E-state index contributed by atoms with van der Waals surface area (Å²) in [4.78, 5) is 9.10. The average molecular weight is 360 g/mol. The molecule has 0 aliphatic rings. The van der Waals surface area contributed by atoms with Gasteiger partial charge in [-0.1, -0.05) is 42.5 Å². The molecule has 26 heavy (non-hydrogen) atoms. The molecule has 0 saturated heterocycles. The van der Waals surface area contributed by atoms with E-state index in [0.29, 0.717) is 10.9 Å². The number of benzene rings is 3. The van der Waals surface area contributed by atoms with Gasteiger partial charge in [-0.15, -0.1) is 11.3 Å². The first-order chi connectivity index (χ1) is 12.7. The third kappa shape index (κ3) is 3.17. The van der Waals surface area contributed by atoms with Crippen LogP contribution in [0.2, 0.25) is 0 Å². The Morgan fingerprint density at radius 1 is 1.08 bits per heavy atom. The van der Waals surface area contributed by atoms with E-state index in [1.807, 2.05) is 23.6 Å². The van der Waals surface area contributed by atoms with Crippen LogP contribution in [-0.2, 0) is 0 Å². The molecule has 4 rings (SSSR count). The molecule has 5 heteroatoms. The lowest BCUT2D eigenvalue weighted by atomic mass is 10.0.